The summed E-state index contributed by atoms with van der Waals surface area (Å²) in [5, 5.41) is 10.8. The molecule has 1 heterocycles. The van der Waals surface area contributed by atoms with Gasteiger partial charge in [0.05, 0.1) is 11.6 Å². The molecule has 0 aliphatic rings. The Hall–Kier alpha value is -1.83. The fourth-order valence-corrected chi connectivity index (χ4v) is 2.66. The summed E-state index contributed by atoms with van der Waals surface area (Å²) in [5.41, 5.74) is 7.59. The van der Waals surface area contributed by atoms with E-state index < -0.39 is 0 Å². The number of ether oxygens (including phenoxy) is 1. The second-order valence-corrected chi connectivity index (χ2v) is 4.89. The summed E-state index contributed by atoms with van der Waals surface area (Å²) in [6.45, 7) is 2.48. The van der Waals surface area contributed by atoms with Crippen LogP contribution in [0.3, 0.4) is 0 Å². The first-order valence-corrected chi connectivity index (χ1v) is 6.53. The maximum absolute atomic E-state index is 8.73. The molecule has 0 bridgehead atoms. The lowest BCUT2D eigenvalue weighted by atomic mass is 10.2. The zero-order valence-corrected chi connectivity index (χ0v) is 10.9. The Labute approximate surface area is 110 Å². The van der Waals surface area contributed by atoms with Gasteiger partial charge in [-0.3, -0.25) is 0 Å². The van der Waals surface area contributed by atoms with Crippen LogP contribution in [0.5, 0.6) is 5.75 Å². The van der Waals surface area contributed by atoms with Crippen molar-refractivity contribution in [2.75, 3.05) is 6.54 Å². The minimum atomic E-state index is -0.127. The molecular formula is C14H14N2OS. The van der Waals surface area contributed by atoms with E-state index in [0.29, 0.717) is 12.1 Å². The number of hydrogen-bond acceptors (Lipinski definition) is 4. The Morgan fingerprint density at radius 2 is 2.06 bits per heavy atom. The minimum Gasteiger partial charge on any atom is -0.484 e. The van der Waals surface area contributed by atoms with Crippen LogP contribution in [-0.2, 0) is 0 Å². The average Bonchev–Trinajstić information content (AvgIpc) is 2.83. The Morgan fingerprint density at radius 1 is 1.33 bits per heavy atom. The van der Waals surface area contributed by atoms with Crippen molar-refractivity contribution in [3.8, 4) is 11.8 Å². The third-order valence-corrected chi connectivity index (χ3v) is 3.78. The fourth-order valence-electron chi connectivity index (χ4n) is 1.70. The molecule has 0 aliphatic carbocycles. The van der Waals surface area contributed by atoms with Crippen LogP contribution in [0.15, 0.2) is 35.7 Å². The van der Waals surface area contributed by atoms with E-state index in [-0.39, 0.29) is 6.10 Å². The van der Waals surface area contributed by atoms with E-state index in [1.807, 2.05) is 5.38 Å². The number of nitriles is 1. The van der Waals surface area contributed by atoms with Gasteiger partial charge < -0.3 is 10.5 Å². The third kappa shape index (κ3) is 2.70. The number of hydrogen-bond donors (Lipinski definition) is 1. The predicted molar refractivity (Wildman–Crippen MR) is 72.6 cm³/mol. The highest BCUT2D eigenvalue weighted by atomic mass is 32.1. The highest BCUT2D eigenvalue weighted by Gasteiger charge is 2.15. The van der Waals surface area contributed by atoms with Crippen LogP contribution in [0.4, 0.5) is 0 Å². The molecule has 2 rings (SSSR count). The van der Waals surface area contributed by atoms with Gasteiger partial charge in [-0.2, -0.15) is 5.26 Å². The summed E-state index contributed by atoms with van der Waals surface area (Å²) in [6, 6.07) is 11.2. The summed E-state index contributed by atoms with van der Waals surface area (Å²) in [4.78, 5) is 1.15. The zero-order valence-electron chi connectivity index (χ0n) is 10.1. The topological polar surface area (TPSA) is 59.0 Å². The Balaban J connectivity index is 2.16. The quantitative estimate of drug-likeness (QED) is 0.917. The first-order chi connectivity index (χ1) is 8.74. The van der Waals surface area contributed by atoms with E-state index >= 15 is 0 Å². The molecule has 0 saturated carbocycles. The first-order valence-electron chi connectivity index (χ1n) is 5.65. The van der Waals surface area contributed by atoms with Crippen molar-refractivity contribution in [1.29, 1.82) is 5.26 Å². The number of thiophene rings is 1. The van der Waals surface area contributed by atoms with Crippen molar-refractivity contribution >= 4 is 11.3 Å². The molecule has 0 spiro atoms. The van der Waals surface area contributed by atoms with Crippen LogP contribution in [0.2, 0.25) is 0 Å². The van der Waals surface area contributed by atoms with Crippen LogP contribution < -0.4 is 10.5 Å². The largest absolute Gasteiger partial charge is 0.484 e. The van der Waals surface area contributed by atoms with Crippen molar-refractivity contribution in [3.63, 3.8) is 0 Å². The van der Waals surface area contributed by atoms with Crippen molar-refractivity contribution in [1.82, 2.24) is 0 Å². The molecule has 4 heteroatoms. The number of benzene rings is 1. The molecule has 0 radical (unpaired) electrons. The average molecular weight is 258 g/mol. The van der Waals surface area contributed by atoms with Crippen LogP contribution in [0.1, 0.15) is 22.1 Å². The second-order valence-electron chi connectivity index (χ2n) is 3.95. The summed E-state index contributed by atoms with van der Waals surface area (Å²) in [5.74, 6) is 0.734. The van der Waals surface area contributed by atoms with Gasteiger partial charge in [-0.15, -0.1) is 11.3 Å². The van der Waals surface area contributed by atoms with E-state index in [1.54, 1.807) is 35.6 Å². The number of nitrogens with two attached hydrogens (primary N) is 1. The normalized spacial score (nSPS) is 11.8. The van der Waals surface area contributed by atoms with E-state index in [9.17, 15) is 0 Å². The molecule has 0 aliphatic heterocycles. The standard InChI is InChI=1S/C14H14N2OS/c1-10-6-7-18-14(10)13(9-16)17-12-4-2-11(8-15)3-5-12/h2-7,13H,9,16H2,1H3. The predicted octanol–water partition coefficient (Wildman–Crippen LogP) is 3.01. The van der Waals surface area contributed by atoms with Crippen molar-refractivity contribution in [3.05, 3.63) is 51.7 Å². The summed E-state index contributed by atoms with van der Waals surface area (Å²) in [6.07, 6.45) is -0.127. The molecule has 92 valence electrons. The van der Waals surface area contributed by atoms with Gasteiger partial charge in [0.25, 0.3) is 0 Å². The third-order valence-electron chi connectivity index (χ3n) is 2.67. The smallest absolute Gasteiger partial charge is 0.145 e. The molecule has 0 amide bonds. The second kappa shape index (κ2) is 5.67. The van der Waals surface area contributed by atoms with Crippen LogP contribution >= 0.6 is 11.3 Å². The SMILES string of the molecule is Cc1ccsc1C(CN)Oc1ccc(C#N)cc1. The van der Waals surface area contributed by atoms with Crippen molar-refractivity contribution in [2.45, 2.75) is 13.0 Å². The van der Waals surface area contributed by atoms with Gasteiger partial charge >= 0.3 is 0 Å². The van der Waals surface area contributed by atoms with E-state index in [0.717, 1.165) is 10.6 Å². The molecule has 2 N–H and O–H groups in total. The number of nitrogens with zero attached hydrogens (tertiary/aromatic N) is 1. The molecule has 1 unspecified atom stereocenters. The van der Waals surface area contributed by atoms with Gasteiger partial charge in [0, 0.05) is 11.4 Å². The summed E-state index contributed by atoms with van der Waals surface area (Å²) in [7, 11) is 0. The van der Waals surface area contributed by atoms with Crippen molar-refractivity contribution in [2.24, 2.45) is 5.73 Å². The molecule has 1 aromatic heterocycles. The van der Waals surface area contributed by atoms with E-state index in [4.69, 9.17) is 15.7 Å². The molecule has 1 aromatic carbocycles. The van der Waals surface area contributed by atoms with Crippen LogP contribution in [-0.4, -0.2) is 6.54 Å². The maximum atomic E-state index is 8.73. The fraction of sp³-hybridized carbons (Fsp3) is 0.214. The lowest BCUT2D eigenvalue weighted by Gasteiger charge is -2.17. The van der Waals surface area contributed by atoms with E-state index in [2.05, 4.69) is 19.1 Å². The maximum Gasteiger partial charge on any atom is 0.145 e. The molecule has 3 nitrogen and oxygen atoms in total. The molecular weight excluding hydrogens is 244 g/mol. The van der Waals surface area contributed by atoms with Gasteiger partial charge in [-0.05, 0) is 48.2 Å². The number of aryl methyl sites for hydroxylation is 1. The van der Waals surface area contributed by atoms with Gasteiger partial charge in [0.1, 0.15) is 11.9 Å². The lowest BCUT2D eigenvalue weighted by Crippen LogP contribution is -2.18. The summed E-state index contributed by atoms with van der Waals surface area (Å²) < 4.78 is 5.86. The monoisotopic (exact) mass is 258 g/mol. The van der Waals surface area contributed by atoms with E-state index in [1.165, 1.54) is 5.56 Å². The van der Waals surface area contributed by atoms with Crippen LogP contribution in [0, 0.1) is 18.3 Å². The van der Waals surface area contributed by atoms with Crippen LogP contribution in [0.25, 0.3) is 0 Å². The summed E-state index contributed by atoms with van der Waals surface area (Å²) >= 11 is 1.65. The molecule has 0 fully saturated rings. The van der Waals surface area contributed by atoms with Gasteiger partial charge in [-0.25, -0.2) is 0 Å². The molecule has 1 atom stereocenters. The first kappa shape index (κ1) is 12.6. The zero-order chi connectivity index (χ0) is 13.0. The molecule has 2 aromatic rings. The van der Waals surface area contributed by atoms with Gasteiger partial charge in [-0.1, -0.05) is 0 Å². The Bertz CT molecular complexity index is 554. The Kier molecular flexibility index (Phi) is 3.98. The lowest BCUT2D eigenvalue weighted by molar-refractivity contribution is 0.217. The van der Waals surface area contributed by atoms with Crippen molar-refractivity contribution < 1.29 is 4.74 Å². The molecule has 0 saturated heterocycles. The molecule has 18 heavy (non-hydrogen) atoms. The number of rotatable bonds is 4. The highest BCUT2D eigenvalue weighted by molar-refractivity contribution is 7.10. The van der Waals surface area contributed by atoms with Gasteiger partial charge in [0.15, 0.2) is 0 Å². The Morgan fingerprint density at radius 3 is 2.56 bits per heavy atom. The highest BCUT2D eigenvalue weighted by Crippen LogP contribution is 2.28. The van der Waals surface area contributed by atoms with Gasteiger partial charge in [0.2, 0.25) is 0 Å². The minimum absolute atomic E-state index is 0.127.